The number of nitrogens with zero attached hydrogens (tertiary/aromatic N) is 4. The Morgan fingerprint density at radius 1 is 1.10 bits per heavy atom. The molecule has 146 valence electrons. The summed E-state index contributed by atoms with van der Waals surface area (Å²) in [5.74, 6) is 0.914. The summed E-state index contributed by atoms with van der Waals surface area (Å²) in [5, 5.41) is 13.1. The van der Waals surface area contributed by atoms with Crippen molar-refractivity contribution in [2.24, 2.45) is 0 Å². The average molecular weight is 385 g/mol. The molecule has 1 saturated heterocycles. The number of carbonyl (C=O) groups is 1. The predicted molar refractivity (Wildman–Crippen MR) is 115 cm³/mol. The van der Waals surface area contributed by atoms with E-state index in [0.29, 0.717) is 25.2 Å². The minimum absolute atomic E-state index is 0.00159. The monoisotopic (exact) mass is 385 g/mol. The largest absolute Gasteiger partial charge is 0.353 e. The summed E-state index contributed by atoms with van der Waals surface area (Å²) in [6.45, 7) is 5.43. The molecule has 0 radical (unpaired) electrons. The first-order chi connectivity index (χ1) is 14.2. The molecule has 1 fully saturated rings. The molecule has 0 unspecified atom stereocenters. The average Bonchev–Trinajstić information content (AvgIpc) is 2.78. The molecule has 1 aliphatic heterocycles. The molecule has 2 amide bonds. The van der Waals surface area contributed by atoms with Gasteiger partial charge in [-0.15, -0.1) is 0 Å². The number of rotatable bonds is 3. The number of piperazine rings is 1. The lowest BCUT2D eigenvalue weighted by atomic mass is 10.0. The number of nitriles is 1. The summed E-state index contributed by atoms with van der Waals surface area (Å²) in [6.07, 6.45) is 0. The van der Waals surface area contributed by atoms with E-state index in [4.69, 9.17) is 4.98 Å². The Morgan fingerprint density at radius 2 is 1.90 bits per heavy atom. The second-order valence-corrected chi connectivity index (χ2v) is 7.05. The van der Waals surface area contributed by atoms with Crippen LogP contribution in [0.3, 0.4) is 0 Å². The van der Waals surface area contributed by atoms with E-state index in [1.807, 2.05) is 54.3 Å². The standard InChI is InChI=1S/C23H23N5O/c1-2-25-23(29)28-13-11-27(12-14-28)21-10-9-18-6-4-8-20(22(18)26-21)19-7-3-5-17(15-19)16-24/h3-10,15H,2,11-14H2,1H3,(H,25,29). The number of hydrogen-bond acceptors (Lipinski definition) is 4. The number of nitrogens with one attached hydrogen (secondary N) is 1. The third kappa shape index (κ3) is 3.85. The molecule has 0 atom stereocenters. The zero-order valence-electron chi connectivity index (χ0n) is 16.4. The molecular formula is C23H23N5O. The van der Waals surface area contributed by atoms with E-state index < -0.39 is 0 Å². The Balaban J connectivity index is 1.63. The van der Waals surface area contributed by atoms with E-state index in [9.17, 15) is 10.1 Å². The van der Waals surface area contributed by atoms with Crippen molar-refractivity contribution >= 4 is 22.8 Å². The lowest BCUT2D eigenvalue weighted by molar-refractivity contribution is 0.195. The minimum atomic E-state index is -0.00159. The van der Waals surface area contributed by atoms with Gasteiger partial charge in [-0.3, -0.25) is 0 Å². The Labute approximate surface area is 170 Å². The van der Waals surface area contributed by atoms with Crippen molar-refractivity contribution in [3.63, 3.8) is 0 Å². The fourth-order valence-corrected chi connectivity index (χ4v) is 3.70. The molecule has 6 nitrogen and oxygen atoms in total. The Bertz CT molecular complexity index is 1080. The van der Waals surface area contributed by atoms with Crippen LogP contribution < -0.4 is 10.2 Å². The number of hydrogen-bond donors (Lipinski definition) is 1. The van der Waals surface area contributed by atoms with Gasteiger partial charge >= 0.3 is 6.03 Å². The van der Waals surface area contributed by atoms with Crippen LogP contribution in [0.4, 0.5) is 10.6 Å². The molecular weight excluding hydrogens is 362 g/mol. The van der Waals surface area contributed by atoms with Crippen molar-refractivity contribution in [3.05, 3.63) is 60.2 Å². The van der Waals surface area contributed by atoms with Gasteiger partial charge in [-0.25, -0.2) is 9.78 Å². The SMILES string of the molecule is CCNC(=O)N1CCN(c2ccc3cccc(-c4cccc(C#N)c4)c3n2)CC1. The van der Waals surface area contributed by atoms with Crippen LogP contribution in [0.25, 0.3) is 22.0 Å². The van der Waals surface area contributed by atoms with Crippen LogP contribution in [0.15, 0.2) is 54.6 Å². The molecule has 0 bridgehead atoms. The third-order valence-corrected chi connectivity index (χ3v) is 5.23. The molecule has 0 spiro atoms. The molecule has 4 rings (SSSR count). The minimum Gasteiger partial charge on any atom is -0.353 e. The van der Waals surface area contributed by atoms with Crippen LogP contribution in [-0.2, 0) is 0 Å². The molecule has 2 aromatic carbocycles. The summed E-state index contributed by atoms with van der Waals surface area (Å²) < 4.78 is 0. The van der Waals surface area contributed by atoms with Crippen LogP contribution >= 0.6 is 0 Å². The Morgan fingerprint density at radius 3 is 2.66 bits per heavy atom. The third-order valence-electron chi connectivity index (χ3n) is 5.23. The van der Waals surface area contributed by atoms with Gasteiger partial charge in [0.1, 0.15) is 5.82 Å². The predicted octanol–water partition coefficient (Wildman–Crippen LogP) is 3.62. The van der Waals surface area contributed by atoms with E-state index in [0.717, 1.165) is 40.9 Å². The summed E-state index contributed by atoms with van der Waals surface area (Å²) in [6, 6.07) is 20.1. The van der Waals surface area contributed by atoms with Crippen molar-refractivity contribution in [1.82, 2.24) is 15.2 Å². The fourth-order valence-electron chi connectivity index (χ4n) is 3.70. The molecule has 29 heavy (non-hydrogen) atoms. The second-order valence-electron chi connectivity index (χ2n) is 7.05. The zero-order chi connectivity index (χ0) is 20.2. The van der Waals surface area contributed by atoms with Gasteiger partial charge in [0.05, 0.1) is 17.1 Å². The highest BCUT2D eigenvalue weighted by atomic mass is 16.2. The van der Waals surface area contributed by atoms with Crippen LogP contribution in [-0.4, -0.2) is 48.6 Å². The van der Waals surface area contributed by atoms with E-state index in [-0.39, 0.29) is 6.03 Å². The van der Waals surface area contributed by atoms with Gasteiger partial charge in [-0.1, -0.05) is 30.3 Å². The van der Waals surface area contributed by atoms with Crippen LogP contribution in [0.5, 0.6) is 0 Å². The highest BCUT2D eigenvalue weighted by molar-refractivity contribution is 5.94. The number of fused-ring (bicyclic) bond motifs is 1. The molecule has 0 aliphatic carbocycles. The van der Waals surface area contributed by atoms with E-state index in [2.05, 4.69) is 28.4 Å². The first-order valence-corrected chi connectivity index (χ1v) is 9.87. The van der Waals surface area contributed by atoms with E-state index >= 15 is 0 Å². The smallest absolute Gasteiger partial charge is 0.317 e. The highest BCUT2D eigenvalue weighted by Gasteiger charge is 2.21. The first-order valence-electron chi connectivity index (χ1n) is 9.87. The summed E-state index contributed by atoms with van der Waals surface area (Å²) in [7, 11) is 0. The molecule has 2 heterocycles. The maximum Gasteiger partial charge on any atom is 0.317 e. The van der Waals surface area contributed by atoms with E-state index in [1.165, 1.54) is 0 Å². The maximum atomic E-state index is 12.0. The van der Waals surface area contributed by atoms with Gasteiger partial charge in [0, 0.05) is 43.7 Å². The lowest BCUT2D eigenvalue weighted by Gasteiger charge is -2.35. The summed E-state index contributed by atoms with van der Waals surface area (Å²) in [5.41, 5.74) is 3.56. The van der Waals surface area contributed by atoms with Crippen LogP contribution in [0.1, 0.15) is 12.5 Å². The van der Waals surface area contributed by atoms with Crippen molar-refractivity contribution in [2.45, 2.75) is 6.92 Å². The van der Waals surface area contributed by atoms with Crippen molar-refractivity contribution in [1.29, 1.82) is 5.26 Å². The molecule has 1 aliphatic rings. The van der Waals surface area contributed by atoms with Crippen molar-refractivity contribution in [3.8, 4) is 17.2 Å². The second kappa shape index (κ2) is 8.19. The summed E-state index contributed by atoms with van der Waals surface area (Å²) >= 11 is 0. The lowest BCUT2D eigenvalue weighted by Crippen LogP contribution is -2.52. The molecule has 6 heteroatoms. The van der Waals surface area contributed by atoms with Gasteiger partial charge in [-0.2, -0.15) is 5.26 Å². The number of amides is 2. The van der Waals surface area contributed by atoms with Gasteiger partial charge in [0.2, 0.25) is 0 Å². The number of benzene rings is 2. The molecule has 3 aromatic rings. The highest BCUT2D eigenvalue weighted by Crippen LogP contribution is 2.30. The number of anilines is 1. The zero-order valence-corrected chi connectivity index (χ0v) is 16.4. The van der Waals surface area contributed by atoms with Gasteiger partial charge < -0.3 is 15.1 Å². The number of pyridine rings is 1. The molecule has 1 aromatic heterocycles. The Kier molecular flexibility index (Phi) is 5.30. The maximum absolute atomic E-state index is 12.0. The number of carbonyl (C=O) groups excluding carboxylic acids is 1. The number of urea groups is 1. The van der Waals surface area contributed by atoms with Crippen molar-refractivity contribution in [2.75, 3.05) is 37.6 Å². The van der Waals surface area contributed by atoms with Crippen LogP contribution in [0, 0.1) is 11.3 Å². The normalized spacial score (nSPS) is 13.9. The Hall–Kier alpha value is -3.59. The van der Waals surface area contributed by atoms with Gasteiger partial charge in [-0.05, 0) is 36.8 Å². The number of aromatic nitrogens is 1. The summed E-state index contributed by atoms with van der Waals surface area (Å²) in [4.78, 5) is 21.1. The number of para-hydroxylation sites is 1. The van der Waals surface area contributed by atoms with Crippen LogP contribution in [0.2, 0.25) is 0 Å². The van der Waals surface area contributed by atoms with Gasteiger partial charge in [0.25, 0.3) is 0 Å². The fraction of sp³-hybridized carbons (Fsp3) is 0.261. The topological polar surface area (TPSA) is 72.3 Å². The van der Waals surface area contributed by atoms with Crippen molar-refractivity contribution < 1.29 is 4.79 Å². The first kappa shape index (κ1) is 18.8. The van der Waals surface area contributed by atoms with E-state index in [1.54, 1.807) is 0 Å². The molecule has 1 N–H and O–H groups in total. The van der Waals surface area contributed by atoms with Gasteiger partial charge in [0.15, 0.2) is 0 Å². The quantitative estimate of drug-likeness (QED) is 0.747. The molecule has 0 saturated carbocycles.